The Morgan fingerprint density at radius 2 is 2.31 bits per heavy atom. The molecule has 0 saturated carbocycles. The average Bonchev–Trinajstić information content (AvgIpc) is 2.89. The summed E-state index contributed by atoms with van der Waals surface area (Å²) < 4.78 is 0. The van der Waals surface area contributed by atoms with Crippen molar-refractivity contribution in [2.75, 3.05) is 13.6 Å². The quantitative estimate of drug-likeness (QED) is 0.855. The Balaban J connectivity index is 2.26. The number of aromatic amines is 1. The van der Waals surface area contributed by atoms with Gasteiger partial charge in [-0.2, -0.15) is 0 Å². The molecular formula is C12H17N3S. The molecule has 2 aromatic heterocycles. The van der Waals surface area contributed by atoms with E-state index in [1.165, 1.54) is 5.01 Å². The molecule has 0 bridgehead atoms. The third-order valence-electron chi connectivity index (χ3n) is 2.58. The molecule has 2 aromatic rings. The lowest BCUT2D eigenvalue weighted by molar-refractivity contribution is 0.491. The van der Waals surface area contributed by atoms with E-state index in [1.807, 2.05) is 25.4 Å². The van der Waals surface area contributed by atoms with E-state index < -0.39 is 0 Å². The van der Waals surface area contributed by atoms with E-state index in [9.17, 15) is 0 Å². The van der Waals surface area contributed by atoms with Gasteiger partial charge in [-0.15, -0.1) is 11.3 Å². The highest BCUT2D eigenvalue weighted by atomic mass is 32.1. The van der Waals surface area contributed by atoms with Crippen LogP contribution in [0.5, 0.6) is 0 Å². The standard InChI is InChI=1S/C12H17N3S/c1-12(2,8-13-3)11-15-10(7-16-11)9-5-4-6-14-9/h4-7,13-14H,8H2,1-3H3. The van der Waals surface area contributed by atoms with Gasteiger partial charge < -0.3 is 10.3 Å². The maximum atomic E-state index is 4.69. The fourth-order valence-corrected chi connectivity index (χ4v) is 2.66. The first-order valence-electron chi connectivity index (χ1n) is 5.38. The van der Waals surface area contributed by atoms with E-state index in [0.29, 0.717) is 0 Å². The van der Waals surface area contributed by atoms with E-state index in [-0.39, 0.29) is 5.41 Å². The molecule has 0 spiro atoms. The molecular weight excluding hydrogens is 218 g/mol. The Labute approximate surface area is 99.9 Å². The maximum absolute atomic E-state index is 4.69. The predicted octanol–water partition coefficient (Wildman–Crippen LogP) is 2.64. The molecule has 3 nitrogen and oxygen atoms in total. The smallest absolute Gasteiger partial charge is 0.100 e. The van der Waals surface area contributed by atoms with Crippen LogP contribution in [0.15, 0.2) is 23.7 Å². The molecule has 4 heteroatoms. The van der Waals surface area contributed by atoms with Crippen LogP contribution in [-0.4, -0.2) is 23.6 Å². The number of hydrogen-bond donors (Lipinski definition) is 2. The van der Waals surface area contributed by atoms with Gasteiger partial charge in [-0.25, -0.2) is 4.98 Å². The summed E-state index contributed by atoms with van der Waals surface area (Å²) in [7, 11) is 1.97. The van der Waals surface area contributed by atoms with Gasteiger partial charge >= 0.3 is 0 Å². The number of likely N-dealkylation sites (N-methyl/N-ethyl adjacent to an activating group) is 1. The molecule has 16 heavy (non-hydrogen) atoms. The molecule has 0 aliphatic heterocycles. The minimum atomic E-state index is 0.0876. The molecule has 86 valence electrons. The number of H-pyrrole nitrogens is 1. The van der Waals surface area contributed by atoms with Crippen LogP contribution in [0.1, 0.15) is 18.9 Å². The first kappa shape index (κ1) is 11.4. The van der Waals surface area contributed by atoms with Crippen molar-refractivity contribution in [3.05, 3.63) is 28.7 Å². The first-order valence-corrected chi connectivity index (χ1v) is 6.26. The highest BCUT2D eigenvalue weighted by Crippen LogP contribution is 2.29. The van der Waals surface area contributed by atoms with Gasteiger partial charge in [0.15, 0.2) is 0 Å². The van der Waals surface area contributed by atoms with Gasteiger partial charge in [0.2, 0.25) is 0 Å². The third-order valence-corrected chi connectivity index (χ3v) is 3.78. The Hall–Kier alpha value is -1.13. The minimum absolute atomic E-state index is 0.0876. The second-order valence-electron chi connectivity index (χ2n) is 4.54. The second-order valence-corrected chi connectivity index (χ2v) is 5.39. The van der Waals surface area contributed by atoms with Gasteiger partial charge in [0.05, 0.1) is 11.4 Å². The SMILES string of the molecule is CNCC(C)(C)c1nc(-c2ccc[nH]2)cs1. The molecule has 0 radical (unpaired) electrons. The van der Waals surface area contributed by atoms with Crippen molar-refractivity contribution in [1.82, 2.24) is 15.3 Å². The van der Waals surface area contributed by atoms with Crippen LogP contribution in [0.25, 0.3) is 11.4 Å². The average molecular weight is 235 g/mol. The number of nitrogens with one attached hydrogen (secondary N) is 2. The predicted molar refractivity (Wildman–Crippen MR) is 68.9 cm³/mol. The normalized spacial score (nSPS) is 11.9. The van der Waals surface area contributed by atoms with Crippen molar-refractivity contribution in [2.24, 2.45) is 0 Å². The maximum Gasteiger partial charge on any atom is 0.100 e. The summed E-state index contributed by atoms with van der Waals surface area (Å²) >= 11 is 1.72. The molecule has 0 unspecified atom stereocenters. The summed E-state index contributed by atoms with van der Waals surface area (Å²) in [5.74, 6) is 0. The van der Waals surface area contributed by atoms with Crippen LogP contribution in [0.3, 0.4) is 0 Å². The molecule has 0 aromatic carbocycles. The van der Waals surface area contributed by atoms with Crippen molar-refractivity contribution in [1.29, 1.82) is 0 Å². The zero-order valence-electron chi connectivity index (χ0n) is 9.87. The van der Waals surface area contributed by atoms with Crippen LogP contribution < -0.4 is 5.32 Å². The van der Waals surface area contributed by atoms with Gasteiger partial charge in [0, 0.05) is 23.5 Å². The summed E-state index contributed by atoms with van der Waals surface area (Å²) in [4.78, 5) is 7.87. The summed E-state index contributed by atoms with van der Waals surface area (Å²) in [6, 6.07) is 4.04. The lowest BCUT2D eigenvalue weighted by Crippen LogP contribution is -2.30. The highest BCUT2D eigenvalue weighted by molar-refractivity contribution is 7.10. The van der Waals surface area contributed by atoms with Crippen LogP contribution in [-0.2, 0) is 5.41 Å². The van der Waals surface area contributed by atoms with E-state index >= 15 is 0 Å². The topological polar surface area (TPSA) is 40.7 Å². The Bertz CT molecular complexity index is 443. The molecule has 0 amide bonds. The lowest BCUT2D eigenvalue weighted by Gasteiger charge is -2.20. The van der Waals surface area contributed by atoms with E-state index in [1.54, 1.807) is 11.3 Å². The summed E-state index contributed by atoms with van der Waals surface area (Å²) in [5.41, 5.74) is 2.21. The van der Waals surface area contributed by atoms with Crippen molar-refractivity contribution in [3.63, 3.8) is 0 Å². The van der Waals surface area contributed by atoms with Crippen molar-refractivity contribution in [2.45, 2.75) is 19.3 Å². The Morgan fingerprint density at radius 3 is 2.94 bits per heavy atom. The van der Waals surface area contributed by atoms with Crippen LogP contribution >= 0.6 is 11.3 Å². The van der Waals surface area contributed by atoms with Gasteiger partial charge in [-0.05, 0) is 19.2 Å². The summed E-state index contributed by atoms with van der Waals surface area (Å²) in [5, 5.41) is 6.49. The van der Waals surface area contributed by atoms with Gasteiger partial charge in [0.25, 0.3) is 0 Å². The molecule has 0 aliphatic carbocycles. The van der Waals surface area contributed by atoms with Crippen molar-refractivity contribution >= 4 is 11.3 Å². The number of hydrogen-bond acceptors (Lipinski definition) is 3. The van der Waals surface area contributed by atoms with E-state index in [2.05, 4.69) is 29.5 Å². The van der Waals surface area contributed by atoms with E-state index in [4.69, 9.17) is 4.98 Å². The first-order chi connectivity index (χ1) is 7.63. The van der Waals surface area contributed by atoms with Crippen molar-refractivity contribution in [3.8, 4) is 11.4 Å². The molecule has 2 rings (SSSR count). The zero-order valence-corrected chi connectivity index (χ0v) is 10.7. The summed E-state index contributed by atoms with van der Waals surface area (Å²) in [6.07, 6.45) is 1.92. The van der Waals surface area contributed by atoms with Crippen LogP contribution in [0.4, 0.5) is 0 Å². The molecule has 2 heterocycles. The van der Waals surface area contributed by atoms with E-state index in [0.717, 1.165) is 17.9 Å². The largest absolute Gasteiger partial charge is 0.360 e. The summed E-state index contributed by atoms with van der Waals surface area (Å²) in [6.45, 7) is 5.35. The molecule has 0 saturated heterocycles. The number of aromatic nitrogens is 2. The molecule has 2 N–H and O–H groups in total. The highest BCUT2D eigenvalue weighted by Gasteiger charge is 2.23. The third kappa shape index (κ3) is 2.18. The number of nitrogens with zero attached hydrogens (tertiary/aromatic N) is 1. The second kappa shape index (κ2) is 4.39. The monoisotopic (exact) mass is 235 g/mol. The number of rotatable bonds is 4. The van der Waals surface area contributed by atoms with Gasteiger partial charge in [-0.1, -0.05) is 13.8 Å². The fraction of sp³-hybridized carbons (Fsp3) is 0.417. The lowest BCUT2D eigenvalue weighted by atomic mass is 9.94. The minimum Gasteiger partial charge on any atom is -0.360 e. The van der Waals surface area contributed by atoms with Crippen LogP contribution in [0, 0.1) is 0 Å². The van der Waals surface area contributed by atoms with Crippen molar-refractivity contribution < 1.29 is 0 Å². The molecule has 0 aliphatic rings. The molecule has 0 atom stereocenters. The Morgan fingerprint density at radius 1 is 1.50 bits per heavy atom. The Kier molecular flexibility index (Phi) is 3.12. The van der Waals surface area contributed by atoms with Gasteiger partial charge in [0.1, 0.15) is 5.01 Å². The van der Waals surface area contributed by atoms with Gasteiger partial charge in [-0.3, -0.25) is 0 Å². The zero-order chi connectivity index (χ0) is 11.6. The van der Waals surface area contributed by atoms with Crippen LogP contribution in [0.2, 0.25) is 0 Å². The number of thiazole rings is 1. The fourth-order valence-electron chi connectivity index (χ4n) is 1.72. The molecule has 0 fully saturated rings.